The van der Waals surface area contributed by atoms with Crippen molar-refractivity contribution in [2.24, 2.45) is 5.92 Å². The van der Waals surface area contributed by atoms with Crippen molar-refractivity contribution in [1.82, 2.24) is 19.5 Å². The SMILES string of the molecule is Cc1ccccc1-c1nc2nc3ccccc3nc2n1CC(C)C. The summed E-state index contributed by atoms with van der Waals surface area (Å²) in [6, 6.07) is 16.3. The minimum Gasteiger partial charge on any atom is -0.307 e. The number of hydrogen-bond donors (Lipinski definition) is 0. The molecule has 0 N–H and O–H groups in total. The van der Waals surface area contributed by atoms with Crippen LogP contribution < -0.4 is 0 Å². The molecule has 4 aromatic rings. The third-order valence-electron chi connectivity index (χ3n) is 4.19. The maximum absolute atomic E-state index is 4.84. The Labute approximate surface area is 141 Å². The highest BCUT2D eigenvalue weighted by Gasteiger charge is 2.17. The quantitative estimate of drug-likeness (QED) is 0.554. The number of imidazole rings is 1. The van der Waals surface area contributed by atoms with Gasteiger partial charge in [-0.25, -0.2) is 15.0 Å². The summed E-state index contributed by atoms with van der Waals surface area (Å²) in [6.45, 7) is 7.41. The zero-order valence-corrected chi connectivity index (χ0v) is 14.2. The number of hydrogen-bond acceptors (Lipinski definition) is 3. The Kier molecular flexibility index (Phi) is 3.53. The second-order valence-electron chi connectivity index (χ2n) is 6.61. The summed E-state index contributed by atoms with van der Waals surface area (Å²) in [5, 5.41) is 0. The van der Waals surface area contributed by atoms with Crippen molar-refractivity contribution in [3.63, 3.8) is 0 Å². The summed E-state index contributed by atoms with van der Waals surface area (Å²) in [5.41, 5.74) is 5.72. The fourth-order valence-corrected chi connectivity index (χ4v) is 3.07. The summed E-state index contributed by atoms with van der Waals surface area (Å²) >= 11 is 0. The summed E-state index contributed by atoms with van der Waals surface area (Å²) in [5.74, 6) is 1.45. The minimum absolute atomic E-state index is 0.499. The molecule has 0 aliphatic heterocycles. The van der Waals surface area contributed by atoms with Crippen LogP contribution in [0.2, 0.25) is 0 Å². The van der Waals surface area contributed by atoms with Crippen LogP contribution in [-0.2, 0) is 6.54 Å². The van der Waals surface area contributed by atoms with E-state index in [2.05, 4.69) is 49.6 Å². The van der Waals surface area contributed by atoms with Crippen LogP contribution in [0.5, 0.6) is 0 Å². The molecule has 4 rings (SSSR count). The molecule has 0 amide bonds. The summed E-state index contributed by atoms with van der Waals surface area (Å²) in [4.78, 5) is 14.4. The molecule has 0 aliphatic carbocycles. The topological polar surface area (TPSA) is 43.6 Å². The van der Waals surface area contributed by atoms with E-state index in [1.54, 1.807) is 0 Å². The van der Waals surface area contributed by atoms with Crippen molar-refractivity contribution < 1.29 is 0 Å². The predicted molar refractivity (Wildman–Crippen MR) is 97.8 cm³/mol. The first-order valence-electron chi connectivity index (χ1n) is 8.32. The molecule has 120 valence electrons. The number of aryl methyl sites for hydroxylation is 1. The van der Waals surface area contributed by atoms with Gasteiger partial charge in [0.25, 0.3) is 0 Å². The molecule has 4 heteroatoms. The summed E-state index contributed by atoms with van der Waals surface area (Å²) in [7, 11) is 0. The van der Waals surface area contributed by atoms with Crippen molar-refractivity contribution in [1.29, 1.82) is 0 Å². The fraction of sp³-hybridized carbons (Fsp3) is 0.250. The number of benzene rings is 2. The van der Waals surface area contributed by atoms with Gasteiger partial charge in [-0.3, -0.25) is 0 Å². The van der Waals surface area contributed by atoms with E-state index < -0.39 is 0 Å². The minimum atomic E-state index is 0.499. The largest absolute Gasteiger partial charge is 0.307 e. The van der Waals surface area contributed by atoms with Gasteiger partial charge in [0.15, 0.2) is 11.3 Å². The monoisotopic (exact) mass is 316 g/mol. The first kappa shape index (κ1) is 14.8. The van der Waals surface area contributed by atoms with Crippen LogP contribution in [0.3, 0.4) is 0 Å². The van der Waals surface area contributed by atoms with Crippen LogP contribution in [0.25, 0.3) is 33.7 Å². The highest BCUT2D eigenvalue weighted by Crippen LogP contribution is 2.27. The van der Waals surface area contributed by atoms with Gasteiger partial charge in [-0.05, 0) is 30.5 Å². The zero-order chi connectivity index (χ0) is 16.7. The molecule has 4 nitrogen and oxygen atoms in total. The highest BCUT2D eigenvalue weighted by molar-refractivity contribution is 5.85. The molecule has 0 spiro atoms. The molecule has 0 fully saturated rings. The average molecular weight is 316 g/mol. The molecule has 0 unspecified atom stereocenters. The summed E-state index contributed by atoms with van der Waals surface area (Å²) < 4.78 is 2.21. The van der Waals surface area contributed by atoms with Crippen LogP contribution in [0.15, 0.2) is 48.5 Å². The van der Waals surface area contributed by atoms with Crippen LogP contribution in [0.4, 0.5) is 0 Å². The van der Waals surface area contributed by atoms with Crippen LogP contribution in [0.1, 0.15) is 19.4 Å². The Morgan fingerprint density at radius 3 is 2.25 bits per heavy atom. The Hall–Kier alpha value is -2.75. The van der Waals surface area contributed by atoms with Crippen LogP contribution in [-0.4, -0.2) is 19.5 Å². The fourth-order valence-electron chi connectivity index (χ4n) is 3.07. The maximum Gasteiger partial charge on any atom is 0.198 e. The van der Waals surface area contributed by atoms with E-state index in [1.807, 2.05) is 24.3 Å². The standard InChI is InChI=1S/C20H20N4/c1-13(2)12-24-19(15-9-5-4-8-14(15)3)23-18-20(24)22-17-11-7-6-10-16(17)21-18/h4-11,13H,12H2,1-3H3. The van der Waals surface area contributed by atoms with E-state index in [0.29, 0.717) is 11.6 Å². The average Bonchev–Trinajstić information content (AvgIpc) is 2.90. The number of nitrogens with zero attached hydrogens (tertiary/aromatic N) is 4. The maximum atomic E-state index is 4.84. The number of para-hydroxylation sites is 2. The lowest BCUT2D eigenvalue weighted by Gasteiger charge is -2.12. The van der Waals surface area contributed by atoms with E-state index in [0.717, 1.165) is 34.6 Å². The molecule has 24 heavy (non-hydrogen) atoms. The van der Waals surface area contributed by atoms with Gasteiger partial charge in [0.2, 0.25) is 0 Å². The number of fused-ring (bicyclic) bond motifs is 2. The molecular weight excluding hydrogens is 296 g/mol. The lowest BCUT2D eigenvalue weighted by molar-refractivity contribution is 0.534. The van der Waals surface area contributed by atoms with Crippen LogP contribution in [0, 0.1) is 12.8 Å². The molecule has 0 saturated carbocycles. The normalized spacial score (nSPS) is 11.7. The molecule has 0 aliphatic rings. The van der Waals surface area contributed by atoms with Crippen molar-refractivity contribution in [2.75, 3.05) is 0 Å². The van der Waals surface area contributed by atoms with Crippen molar-refractivity contribution in [3.05, 3.63) is 54.1 Å². The lowest BCUT2D eigenvalue weighted by Crippen LogP contribution is -2.07. The summed E-state index contributed by atoms with van der Waals surface area (Å²) in [6.07, 6.45) is 0. The van der Waals surface area contributed by atoms with Crippen LogP contribution >= 0.6 is 0 Å². The van der Waals surface area contributed by atoms with E-state index in [-0.39, 0.29) is 0 Å². The van der Waals surface area contributed by atoms with Crippen molar-refractivity contribution >= 4 is 22.3 Å². The van der Waals surface area contributed by atoms with Gasteiger partial charge in [-0.1, -0.05) is 50.2 Å². The Morgan fingerprint density at radius 1 is 0.875 bits per heavy atom. The first-order chi connectivity index (χ1) is 11.6. The lowest BCUT2D eigenvalue weighted by atomic mass is 10.1. The van der Waals surface area contributed by atoms with Gasteiger partial charge in [-0.15, -0.1) is 0 Å². The number of rotatable bonds is 3. The third-order valence-corrected chi connectivity index (χ3v) is 4.19. The first-order valence-corrected chi connectivity index (χ1v) is 8.32. The highest BCUT2D eigenvalue weighted by atomic mass is 15.2. The predicted octanol–water partition coefficient (Wildman–Crippen LogP) is 4.61. The van der Waals surface area contributed by atoms with Gasteiger partial charge in [0, 0.05) is 12.1 Å². The van der Waals surface area contributed by atoms with Gasteiger partial charge < -0.3 is 4.57 Å². The van der Waals surface area contributed by atoms with Gasteiger partial charge in [0.05, 0.1) is 11.0 Å². The molecule has 2 heterocycles. The molecule has 2 aromatic heterocycles. The number of aromatic nitrogens is 4. The third kappa shape index (κ3) is 2.44. The molecule has 0 bridgehead atoms. The second-order valence-corrected chi connectivity index (χ2v) is 6.61. The molecule has 0 atom stereocenters. The molecular formula is C20H20N4. The van der Waals surface area contributed by atoms with E-state index in [1.165, 1.54) is 5.56 Å². The molecule has 0 saturated heterocycles. The smallest absolute Gasteiger partial charge is 0.198 e. The van der Waals surface area contributed by atoms with Crippen molar-refractivity contribution in [2.45, 2.75) is 27.3 Å². The Bertz CT molecular complexity index is 1030. The Balaban J connectivity index is 2.05. The zero-order valence-electron chi connectivity index (χ0n) is 14.2. The molecule has 0 radical (unpaired) electrons. The second kappa shape index (κ2) is 5.71. The van der Waals surface area contributed by atoms with E-state index in [9.17, 15) is 0 Å². The van der Waals surface area contributed by atoms with Gasteiger partial charge in [-0.2, -0.15) is 0 Å². The van der Waals surface area contributed by atoms with Gasteiger partial charge in [0.1, 0.15) is 5.82 Å². The molecule has 2 aromatic carbocycles. The van der Waals surface area contributed by atoms with E-state index in [4.69, 9.17) is 15.0 Å². The van der Waals surface area contributed by atoms with Crippen molar-refractivity contribution in [3.8, 4) is 11.4 Å². The Morgan fingerprint density at radius 2 is 1.54 bits per heavy atom. The van der Waals surface area contributed by atoms with E-state index >= 15 is 0 Å². The van der Waals surface area contributed by atoms with Gasteiger partial charge >= 0.3 is 0 Å².